The molecular formula is C27H21NO2S. The fourth-order valence-electron chi connectivity index (χ4n) is 4.26. The van der Waals surface area contributed by atoms with Crippen LogP contribution in [0.3, 0.4) is 0 Å². The SMILES string of the molecule is CCn1c2ccc(C(=O)c3cccs3)cc2c2cc(C(=O)c3ccccc3C)ccc21. The fourth-order valence-corrected chi connectivity index (χ4v) is 4.95. The molecule has 5 aromatic rings. The third-order valence-corrected chi connectivity index (χ3v) is 6.71. The van der Waals surface area contributed by atoms with Crippen LogP contribution < -0.4 is 0 Å². The summed E-state index contributed by atoms with van der Waals surface area (Å²) < 4.78 is 2.23. The summed E-state index contributed by atoms with van der Waals surface area (Å²) in [4.78, 5) is 26.8. The Bertz CT molecular complexity index is 1460. The fraction of sp³-hybridized carbons (Fsp3) is 0.111. The van der Waals surface area contributed by atoms with Gasteiger partial charge in [0.25, 0.3) is 0 Å². The van der Waals surface area contributed by atoms with Gasteiger partial charge >= 0.3 is 0 Å². The highest BCUT2D eigenvalue weighted by Gasteiger charge is 2.17. The molecule has 0 saturated carbocycles. The first kappa shape index (κ1) is 19.5. The monoisotopic (exact) mass is 423 g/mol. The first-order valence-electron chi connectivity index (χ1n) is 10.3. The Labute approximate surface area is 184 Å². The average molecular weight is 424 g/mol. The standard InChI is InChI=1S/C27H21NO2S/c1-3-28-23-12-10-18(26(29)20-8-5-4-7-17(20)2)15-21(23)22-16-19(11-13-24(22)28)27(30)25-9-6-14-31-25/h4-16H,3H2,1-2H3. The number of hydrogen-bond acceptors (Lipinski definition) is 3. The normalized spacial score (nSPS) is 11.3. The largest absolute Gasteiger partial charge is 0.341 e. The van der Waals surface area contributed by atoms with Crippen LogP contribution in [-0.2, 0) is 6.54 Å². The highest BCUT2D eigenvalue weighted by molar-refractivity contribution is 7.12. The van der Waals surface area contributed by atoms with E-state index in [9.17, 15) is 9.59 Å². The average Bonchev–Trinajstić information content (AvgIpc) is 3.44. The molecule has 0 aliphatic carbocycles. The molecule has 3 aromatic carbocycles. The van der Waals surface area contributed by atoms with Gasteiger partial charge in [0.15, 0.2) is 5.78 Å². The Kier molecular flexibility index (Phi) is 4.79. The van der Waals surface area contributed by atoms with E-state index >= 15 is 0 Å². The lowest BCUT2D eigenvalue weighted by atomic mass is 9.97. The van der Waals surface area contributed by atoms with Crippen molar-refractivity contribution in [3.63, 3.8) is 0 Å². The zero-order valence-corrected chi connectivity index (χ0v) is 18.2. The summed E-state index contributed by atoms with van der Waals surface area (Å²) in [6.07, 6.45) is 0. The predicted molar refractivity (Wildman–Crippen MR) is 127 cm³/mol. The van der Waals surface area contributed by atoms with Crippen molar-refractivity contribution in [2.24, 2.45) is 0 Å². The molecule has 2 aromatic heterocycles. The van der Waals surface area contributed by atoms with Crippen LogP contribution in [0.4, 0.5) is 0 Å². The minimum Gasteiger partial charge on any atom is -0.341 e. The molecule has 2 heterocycles. The van der Waals surface area contributed by atoms with Crippen molar-refractivity contribution in [3.05, 3.63) is 105 Å². The maximum atomic E-state index is 13.2. The smallest absolute Gasteiger partial charge is 0.202 e. The highest BCUT2D eigenvalue weighted by atomic mass is 32.1. The van der Waals surface area contributed by atoms with Crippen LogP contribution in [0.15, 0.2) is 78.2 Å². The molecule has 0 fully saturated rings. The van der Waals surface area contributed by atoms with Crippen molar-refractivity contribution in [1.29, 1.82) is 0 Å². The molecular weight excluding hydrogens is 402 g/mol. The van der Waals surface area contributed by atoms with Gasteiger partial charge in [-0.1, -0.05) is 30.3 Å². The van der Waals surface area contributed by atoms with Gasteiger partial charge in [0.2, 0.25) is 5.78 Å². The van der Waals surface area contributed by atoms with Crippen molar-refractivity contribution in [2.75, 3.05) is 0 Å². The minimum absolute atomic E-state index is 0.0169. The van der Waals surface area contributed by atoms with Crippen molar-refractivity contribution in [2.45, 2.75) is 20.4 Å². The van der Waals surface area contributed by atoms with Gasteiger partial charge in [-0.15, -0.1) is 11.3 Å². The number of carbonyl (C=O) groups is 2. The van der Waals surface area contributed by atoms with Gasteiger partial charge in [-0.3, -0.25) is 9.59 Å². The second kappa shape index (κ2) is 7.64. The van der Waals surface area contributed by atoms with Gasteiger partial charge in [-0.2, -0.15) is 0 Å². The lowest BCUT2D eigenvalue weighted by Gasteiger charge is -2.06. The van der Waals surface area contributed by atoms with E-state index in [2.05, 4.69) is 11.5 Å². The molecule has 31 heavy (non-hydrogen) atoms. The van der Waals surface area contributed by atoms with Crippen LogP contribution in [0, 0.1) is 6.92 Å². The van der Waals surface area contributed by atoms with Crippen LogP contribution in [0.2, 0.25) is 0 Å². The molecule has 0 atom stereocenters. The summed E-state index contributed by atoms with van der Waals surface area (Å²) in [7, 11) is 0. The second-order valence-electron chi connectivity index (χ2n) is 7.66. The summed E-state index contributed by atoms with van der Waals surface area (Å²) in [5.74, 6) is 0.0460. The maximum absolute atomic E-state index is 13.2. The van der Waals surface area contributed by atoms with E-state index < -0.39 is 0 Å². The van der Waals surface area contributed by atoms with Crippen LogP contribution in [0.25, 0.3) is 21.8 Å². The lowest BCUT2D eigenvalue weighted by Crippen LogP contribution is -2.03. The molecule has 0 aliphatic heterocycles. The number of aryl methyl sites for hydroxylation is 2. The number of fused-ring (bicyclic) bond motifs is 3. The lowest BCUT2D eigenvalue weighted by molar-refractivity contribution is 0.103. The van der Waals surface area contributed by atoms with Crippen molar-refractivity contribution >= 4 is 44.7 Å². The molecule has 0 unspecified atom stereocenters. The Balaban J connectivity index is 1.70. The van der Waals surface area contributed by atoms with Crippen LogP contribution >= 0.6 is 11.3 Å². The van der Waals surface area contributed by atoms with Crippen LogP contribution in [-0.4, -0.2) is 16.1 Å². The zero-order chi connectivity index (χ0) is 21.5. The minimum atomic E-state index is 0.0169. The molecule has 0 saturated heterocycles. The number of rotatable bonds is 5. The third kappa shape index (κ3) is 3.20. The number of carbonyl (C=O) groups excluding carboxylic acids is 2. The summed E-state index contributed by atoms with van der Waals surface area (Å²) in [6, 6.07) is 23.2. The van der Waals surface area contributed by atoms with Crippen LogP contribution in [0.1, 0.15) is 43.6 Å². The number of aromatic nitrogens is 1. The Morgan fingerprint density at radius 1 is 0.806 bits per heavy atom. The van der Waals surface area contributed by atoms with E-state index in [1.807, 2.05) is 85.1 Å². The van der Waals surface area contributed by atoms with E-state index in [1.165, 1.54) is 11.3 Å². The Morgan fingerprint density at radius 2 is 1.45 bits per heavy atom. The molecule has 0 radical (unpaired) electrons. The van der Waals surface area contributed by atoms with Gasteiger partial charge in [-0.05, 0) is 67.3 Å². The molecule has 0 N–H and O–H groups in total. The molecule has 152 valence electrons. The van der Waals surface area contributed by atoms with Gasteiger partial charge < -0.3 is 4.57 Å². The molecule has 0 amide bonds. The Hall–Kier alpha value is -3.50. The number of hydrogen-bond donors (Lipinski definition) is 0. The number of thiophene rings is 1. The van der Waals surface area contributed by atoms with E-state index in [0.717, 1.165) is 44.4 Å². The second-order valence-corrected chi connectivity index (χ2v) is 8.61. The molecule has 4 heteroatoms. The summed E-state index contributed by atoms with van der Waals surface area (Å²) >= 11 is 1.45. The molecule has 0 aliphatic rings. The van der Waals surface area contributed by atoms with E-state index in [1.54, 1.807) is 0 Å². The van der Waals surface area contributed by atoms with Gasteiger partial charge in [0, 0.05) is 45.0 Å². The molecule has 0 bridgehead atoms. The van der Waals surface area contributed by atoms with Gasteiger partial charge in [0.1, 0.15) is 0 Å². The van der Waals surface area contributed by atoms with Gasteiger partial charge in [0.05, 0.1) is 4.88 Å². The Morgan fingerprint density at radius 3 is 2.03 bits per heavy atom. The first-order valence-corrected chi connectivity index (χ1v) is 11.2. The first-order chi connectivity index (χ1) is 15.1. The summed E-state index contributed by atoms with van der Waals surface area (Å²) in [5.41, 5.74) is 5.15. The van der Waals surface area contributed by atoms with Crippen molar-refractivity contribution in [1.82, 2.24) is 4.57 Å². The highest BCUT2D eigenvalue weighted by Crippen LogP contribution is 2.32. The summed E-state index contributed by atoms with van der Waals surface area (Å²) in [5, 5.41) is 3.91. The van der Waals surface area contributed by atoms with E-state index in [4.69, 9.17) is 0 Å². The maximum Gasteiger partial charge on any atom is 0.202 e. The van der Waals surface area contributed by atoms with Crippen molar-refractivity contribution in [3.8, 4) is 0 Å². The predicted octanol–water partition coefficient (Wildman–Crippen LogP) is 6.65. The number of nitrogens with zero attached hydrogens (tertiary/aromatic N) is 1. The van der Waals surface area contributed by atoms with E-state index in [-0.39, 0.29) is 11.6 Å². The van der Waals surface area contributed by atoms with Gasteiger partial charge in [-0.25, -0.2) is 0 Å². The van der Waals surface area contributed by atoms with Crippen LogP contribution in [0.5, 0.6) is 0 Å². The van der Waals surface area contributed by atoms with Crippen molar-refractivity contribution < 1.29 is 9.59 Å². The third-order valence-electron chi connectivity index (χ3n) is 5.84. The summed E-state index contributed by atoms with van der Waals surface area (Å²) in [6.45, 7) is 4.87. The number of benzene rings is 3. The molecule has 3 nitrogen and oxygen atoms in total. The molecule has 0 spiro atoms. The topological polar surface area (TPSA) is 39.1 Å². The number of ketones is 2. The quantitative estimate of drug-likeness (QED) is 0.297. The molecule has 5 rings (SSSR count). The van der Waals surface area contributed by atoms with E-state index in [0.29, 0.717) is 11.1 Å². The zero-order valence-electron chi connectivity index (χ0n) is 17.4.